The molecular formula is C14H10BrN3O2. The highest BCUT2D eigenvalue weighted by Gasteiger charge is 2.14. The molecule has 2 heterocycles. The fraction of sp³-hybridized carbons (Fsp3) is 0.0714. The molecule has 2 aromatic heterocycles. The highest BCUT2D eigenvalue weighted by atomic mass is 79.9. The highest BCUT2D eigenvalue weighted by Crippen LogP contribution is 2.21. The standard InChI is InChI=1S/C14H10BrN3O2/c1-20-14(19)11-6-3-7-12-16-13(17-18(11)12)9-4-2-5-10(15)8-9/h2-8H,1H3. The minimum atomic E-state index is -0.443. The van der Waals surface area contributed by atoms with Crippen molar-refractivity contribution in [3.8, 4) is 11.4 Å². The van der Waals surface area contributed by atoms with E-state index in [1.165, 1.54) is 11.6 Å². The molecule has 0 N–H and O–H groups in total. The second-order valence-corrected chi connectivity index (χ2v) is 5.03. The van der Waals surface area contributed by atoms with Crippen LogP contribution in [0.4, 0.5) is 0 Å². The average Bonchev–Trinajstić information content (AvgIpc) is 2.90. The molecule has 0 aliphatic rings. The Hall–Kier alpha value is -2.21. The first-order valence-electron chi connectivity index (χ1n) is 5.89. The minimum absolute atomic E-state index is 0.346. The fourth-order valence-electron chi connectivity index (χ4n) is 1.91. The third-order valence-electron chi connectivity index (χ3n) is 2.84. The Balaban J connectivity index is 2.18. The largest absolute Gasteiger partial charge is 0.464 e. The lowest BCUT2D eigenvalue weighted by atomic mass is 10.2. The number of hydrogen-bond donors (Lipinski definition) is 0. The molecule has 5 nitrogen and oxygen atoms in total. The second-order valence-electron chi connectivity index (χ2n) is 4.12. The van der Waals surface area contributed by atoms with E-state index in [1.807, 2.05) is 24.3 Å². The number of carbonyl (C=O) groups excluding carboxylic acids is 1. The molecule has 0 saturated carbocycles. The molecule has 20 heavy (non-hydrogen) atoms. The Kier molecular flexibility index (Phi) is 3.23. The van der Waals surface area contributed by atoms with E-state index >= 15 is 0 Å². The third kappa shape index (κ3) is 2.18. The SMILES string of the molecule is COC(=O)c1cccc2nc(-c3cccc(Br)c3)nn12. The van der Waals surface area contributed by atoms with Crippen molar-refractivity contribution in [2.24, 2.45) is 0 Å². The number of halogens is 1. The van der Waals surface area contributed by atoms with E-state index in [9.17, 15) is 4.79 Å². The zero-order chi connectivity index (χ0) is 14.1. The molecule has 0 aliphatic heterocycles. The van der Waals surface area contributed by atoms with Gasteiger partial charge >= 0.3 is 5.97 Å². The molecule has 0 radical (unpaired) electrons. The predicted molar refractivity (Wildman–Crippen MR) is 77.5 cm³/mol. The van der Waals surface area contributed by atoms with Crippen LogP contribution in [0.15, 0.2) is 46.9 Å². The first-order valence-corrected chi connectivity index (χ1v) is 6.68. The van der Waals surface area contributed by atoms with Gasteiger partial charge in [0.2, 0.25) is 0 Å². The van der Waals surface area contributed by atoms with E-state index in [4.69, 9.17) is 4.74 Å². The first-order chi connectivity index (χ1) is 9.69. The van der Waals surface area contributed by atoms with Crippen LogP contribution in [0.25, 0.3) is 17.0 Å². The maximum absolute atomic E-state index is 11.7. The van der Waals surface area contributed by atoms with E-state index in [0.717, 1.165) is 10.0 Å². The van der Waals surface area contributed by atoms with Crippen molar-refractivity contribution in [3.05, 3.63) is 52.6 Å². The summed E-state index contributed by atoms with van der Waals surface area (Å²) in [4.78, 5) is 16.1. The summed E-state index contributed by atoms with van der Waals surface area (Å²) in [7, 11) is 1.34. The number of nitrogens with zero attached hydrogens (tertiary/aromatic N) is 3. The molecule has 1 aromatic carbocycles. The van der Waals surface area contributed by atoms with E-state index in [1.54, 1.807) is 18.2 Å². The zero-order valence-electron chi connectivity index (χ0n) is 10.6. The summed E-state index contributed by atoms with van der Waals surface area (Å²) in [5.41, 5.74) is 1.82. The van der Waals surface area contributed by atoms with Crippen molar-refractivity contribution in [2.75, 3.05) is 7.11 Å². The summed E-state index contributed by atoms with van der Waals surface area (Å²) in [5, 5.41) is 4.38. The molecule has 100 valence electrons. The van der Waals surface area contributed by atoms with E-state index < -0.39 is 5.97 Å². The Morgan fingerprint density at radius 2 is 2.05 bits per heavy atom. The van der Waals surface area contributed by atoms with Crippen molar-refractivity contribution < 1.29 is 9.53 Å². The Morgan fingerprint density at radius 1 is 1.25 bits per heavy atom. The number of pyridine rings is 1. The number of benzene rings is 1. The molecule has 0 atom stereocenters. The van der Waals surface area contributed by atoms with E-state index in [-0.39, 0.29) is 0 Å². The molecule has 0 aliphatic carbocycles. The second kappa shape index (κ2) is 5.05. The fourth-order valence-corrected chi connectivity index (χ4v) is 2.31. The monoisotopic (exact) mass is 331 g/mol. The maximum Gasteiger partial charge on any atom is 0.356 e. The number of ether oxygens (including phenoxy) is 1. The topological polar surface area (TPSA) is 56.5 Å². The molecule has 3 rings (SSSR count). The average molecular weight is 332 g/mol. The lowest BCUT2D eigenvalue weighted by Gasteiger charge is -2.00. The van der Waals surface area contributed by atoms with Gasteiger partial charge in [0.1, 0.15) is 0 Å². The molecule has 3 aromatic rings. The maximum atomic E-state index is 11.7. The zero-order valence-corrected chi connectivity index (χ0v) is 12.2. The Labute approximate surface area is 123 Å². The smallest absolute Gasteiger partial charge is 0.356 e. The van der Waals surface area contributed by atoms with Gasteiger partial charge in [-0.1, -0.05) is 34.1 Å². The van der Waals surface area contributed by atoms with Crippen LogP contribution < -0.4 is 0 Å². The third-order valence-corrected chi connectivity index (χ3v) is 3.33. The normalized spacial score (nSPS) is 10.7. The minimum Gasteiger partial charge on any atom is -0.464 e. The molecule has 0 saturated heterocycles. The molecule has 0 bridgehead atoms. The van der Waals surface area contributed by atoms with Gasteiger partial charge < -0.3 is 4.74 Å². The van der Waals surface area contributed by atoms with Crippen LogP contribution in [-0.2, 0) is 4.74 Å². The van der Waals surface area contributed by atoms with Gasteiger partial charge in [0.25, 0.3) is 0 Å². The molecular weight excluding hydrogens is 322 g/mol. The highest BCUT2D eigenvalue weighted by molar-refractivity contribution is 9.10. The number of aromatic nitrogens is 3. The number of hydrogen-bond acceptors (Lipinski definition) is 4. The van der Waals surface area contributed by atoms with Gasteiger partial charge in [-0.3, -0.25) is 0 Å². The van der Waals surface area contributed by atoms with Gasteiger partial charge in [-0.25, -0.2) is 14.3 Å². The number of fused-ring (bicyclic) bond motifs is 1. The van der Waals surface area contributed by atoms with Crippen LogP contribution in [0.1, 0.15) is 10.5 Å². The van der Waals surface area contributed by atoms with Crippen LogP contribution in [-0.4, -0.2) is 27.7 Å². The molecule has 0 fully saturated rings. The predicted octanol–water partition coefficient (Wildman–Crippen LogP) is 2.95. The van der Waals surface area contributed by atoms with Crippen molar-refractivity contribution in [1.82, 2.24) is 14.6 Å². The van der Waals surface area contributed by atoms with Crippen LogP contribution in [0, 0.1) is 0 Å². The van der Waals surface area contributed by atoms with E-state index in [2.05, 4.69) is 26.0 Å². The number of methoxy groups -OCH3 is 1. The summed E-state index contributed by atoms with van der Waals surface area (Å²) in [5.74, 6) is 0.115. The summed E-state index contributed by atoms with van der Waals surface area (Å²) >= 11 is 3.42. The Bertz CT molecular complexity index is 798. The van der Waals surface area contributed by atoms with Crippen molar-refractivity contribution >= 4 is 27.5 Å². The quantitative estimate of drug-likeness (QED) is 0.677. The van der Waals surface area contributed by atoms with Crippen LogP contribution >= 0.6 is 15.9 Å². The lowest BCUT2D eigenvalue weighted by molar-refractivity contribution is 0.0591. The van der Waals surface area contributed by atoms with Gasteiger partial charge in [0, 0.05) is 10.0 Å². The van der Waals surface area contributed by atoms with Gasteiger partial charge in [-0.2, -0.15) is 0 Å². The summed E-state index contributed by atoms with van der Waals surface area (Å²) in [6.45, 7) is 0. The Morgan fingerprint density at radius 3 is 2.80 bits per heavy atom. The van der Waals surface area contributed by atoms with Crippen molar-refractivity contribution in [3.63, 3.8) is 0 Å². The van der Waals surface area contributed by atoms with Gasteiger partial charge in [-0.15, -0.1) is 5.10 Å². The molecule has 0 spiro atoms. The van der Waals surface area contributed by atoms with Crippen LogP contribution in [0.2, 0.25) is 0 Å². The first kappa shape index (κ1) is 12.8. The molecule has 0 amide bonds. The van der Waals surface area contributed by atoms with Gasteiger partial charge in [0.15, 0.2) is 17.2 Å². The number of carbonyl (C=O) groups is 1. The van der Waals surface area contributed by atoms with Gasteiger partial charge in [0.05, 0.1) is 7.11 Å². The van der Waals surface area contributed by atoms with Crippen molar-refractivity contribution in [2.45, 2.75) is 0 Å². The number of rotatable bonds is 2. The number of esters is 1. The van der Waals surface area contributed by atoms with E-state index in [0.29, 0.717) is 17.2 Å². The summed E-state index contributed by atoms with van der Waals surface area (Å²) < 4.78 is 7.18. The van der Waals surface area contributed by atoms with Gasteiger partial charge in [-0.05, 0) is 24.3 Å². The molecule has 6 heteroatoms. The summed E-state index contributed by atoms with van der Waals surface area (Å²) in [6, 6.07) is 12.9. The van der Waals surface area contributed by atoms with Crippen molar-refractivity contribution in [1.29, 1.82) is 0 Å². The summed E-state index contributed by atoms with van der Waals surface area (Å²) in [6.07, 6.45) is 0. The lowest BCUT2D eigenvalue weighted by Crippen LogP contribution is -2.08. The molecule has 0 unspecified atom stereocenters. The van der Waals surface area contributed by atoms with Crippen LogP contribution in [0.5, 0.6) is 0 Å². The van der Waals surface area contributed by atoms with Crippen LogP contribution in [0.3, 0.4) is 0 Å².